The van der Waals surface area contributed by atoms with Gasteiger partial charge in [-0.3, -0.25) is 0 Å². The lowest BCUT2D eigenvalue weighted by molar-refractivity contribution is 0.771. The van der Waals surface area contributed by atoms with E-state index in [1.807, 2.05) is 6.08 Å². The van der Waals surface area contributed by atoms with Crippen LogP contribution >= 0.6 is 0 Å². The fourth-order valence-corrected chi connectivity index (χ4v) is 0.584. The van der Waals surface area contributed by atoms with Crippen molar-refractivity contribution < 1.29 is 0 Å². The van der Waals surface area contributed by atoms with Crippen molar-refractivity contribution in [2.24, 2.45) is 0 Å². The normalized spacial score (nSPS) is 8.62. The van der Waals surface area contributed by atoms with E-state index in [1.54, 1.807) is 0 Å². The highest BCUT2D eigenvalue weighted by molar-refractivity contribution is 4.77. The van der Waals surface area contributed by atoms with Gasteiger partial charge >= 0.3 is 0 Å². The van der Waals surface area contributed by atoms with Gasteiger partial charge in [-0.05, 0) is 12.5 Å². The molecule has 0 aliphatic carbocycles. The first-order valence-corrected chi connectivity index (χ1v) is 3.34. The first kappa shape index (κ1) is 7.61. The maximum absolute atomic E-state index is 3.63. The SMILES string of the molecule is C=CC[CH+]CCCC. The molecule has 0 heteroatoms. The van der Waals surface area contributed by atoms with E-state index in [9.17, 15) is 0 Å². The van der Waals surface area contributed by atoms with Crippen molar-refractivity contribution in [2.75, 3.05) is 0 Å². The molecular weight excluding hydrogens is 96.1 g/mol. The molecule has 0 aliphatic rings. The van der Waals surface area contributed by atoms with Crippen LogP contribution in [0.15, 0.2) is 12.7 Å². The molecule has 0 rings (SSSR count). The average molecular weight is 111 g/mol. The predicted molar refractivity (Wildman–Crippen MR) is 38.6 cm³/mol. The van der Waals surface area contributed by atoms with E-state index in [2.05, 4.69) is 19.9 Å². The Balaban J connectivity index is 2.62. The van der Waals surface area contributed by atoms with E-state index in [-0.39, 0.29) is 0 Å². The quantitative estimate of drug-likeness (QED) is 0.290. The van der Waals surface area contributed by atoms with Gasteiger partial charge in [0, 0.05) is 0 Å². The summed E-state index contributed by atoms with van der Waals surface area (Å²) in [6, 6.07) is 0. The van der Waals surface area contributed by atoms with Crippen molar-refractivity contribution >= 4 is 0 Å². The third-order valence-electron chi connectivity index (χ3n) is 1.10. The van der Waals surface area contributed by atoms with Gasteiger partial charge in [-0.25, -0.2) is 0 Å². The summed E-state index contributed by atoms with van der Waals surface area (Å²) in [6.07, 6.45) is 9.16. The van der Waals surface area contributed by atoms with Crippen molar-refractivity contribution in [3.05, 3.63) is 19.1 Å². The Morgan fingerprint density at radius 3 is 2.88 bits per heavy atom. The Morgan fingerprint density at radius 2 is 2.38 bits per heavy atom. The standard InChI is InChI=1S/C8H15/c1-3-5-7-8-6-4-2/h3,7H,1,4-6,8H2,2H3/q+1. The highest BCUT2D eigenvalue weighted by Gasteiger charge is 1.91. The van der Waals surface area contributed by atoms with Crippen LogP contribution in [0.25, 0.3) is 0 Å². The molecule has 46 valence electrons. The molecule has 0 aromatic rings. The molecule has 0 unspecified atom stereocenters. The van der Waals surface area contributed by atoms with Crippen LogP contribution < -0.4 is 0 Å². The van der Waals surface area contributed by atoms with Crippen LogP contribution in [0.4, 0.5) is 0 Å². The molecule has 8 heavy (non-hydrogen) atoms. The molecule has 0 heterocycles. The van der Waals surface area contributed by atoms with Gasteiger partial charge in [0.25, 0.3) is 0 Å². The van der Waals surface area contributed by atoms with E-state index in [1.165, 1.54) is 19.3 Å². The summed E-state index contributed by atoms with van der Waals surface area (Å²) >= 11 is 0. The summed E-state index contributed by atoms with van der Waals surface area (Å²) in [5.41, 5.74) is 0. The van der Waals surface area contributed by atoms with Crippen molar-refractivity contribution in [3.8, 4) is 0 Å². The highest BCUT2D eigenvalue weighted by Crippen LogP contribution is 2.00. The molecule has 0 amide bonds. The molecule has 0 saturated heterocycles. The molecule has 0 atom stereocenters. The second-order valence-electron chi connectivity index (χ2n) is 1.96. The van der Waals surface area contributed by atoms with E-state index in [4.69, 9.17) is 0 Å². The fraction of sp³-hybridized carbons (Fsp3) is 0.625. The largest absolute Gasteiger partial charge is 0.105 e. The number of unbranched alkanes of at least 4 members (excludes halogenated alkanes) is 4. The number of hydrogen-bond acceptors (Lipinski definition) is 0. The summed E-state index contributed by atoms with van der Waals surface area (Å²) < 4.78 is 0. The lowest BCUT2D eigenvalue weighted by Crippen LogP contribution is -1.73. The average Bonchev–Trinajstić information content (AvgIpc) is 1.81. The second-order valence-corrected chi connectivity index (χ2v) is 1.96. The maximum atomic E-state index is 3.63. The molecule has 0 nitrogen and oxygen atoms in total. The Hall–Kier alpha value is -0.390. The Kier molecular flexibility index (Phi) is 6.29. The van der Waals surface area contributed by atoms with Gasteiger partial charge in [0.15, 0.2) is 0 Å². The summed E-state index contributed by atoms with van der Waals surface area (Å²) in [6.45, 7) is 5.84. The zero-order valence-corrected chi connectivity index (χ0v) is 5.69. The first-order valence-electron chi connectivity index (χ1n) is 3.34. The molecule has 0 fully saturated rings. The van der Waals surface area contributed by atoms with Crippen LogP contribution in [0.2, 0.25) is 0 Å². The molecule has 0 aromatic carbocycles. The van der Waals surface area contributed by atoms with Crippen molar-refractivity contribution in [3.63, 3.8) is 0 Å². The Bertz CT molecular complexity index is 46.0. The second kappa shape index (κ2) is 6.61. The van der Waals surface area contributed by atoms with Gasteiger partial charge in [0.1, 0.15) is 6.42 Å². The van der Waals surface area contributed by atoms with Gasteiger partial charge in [0.2, 0.25) is 0 Å². The molecular formula is C8H15+. The zero-order chi connectivity index (χ0) is 6.24. The minimum atomic E-state index is 1.07. The fourth-order valence-electron chi connectivity index (χ4n) is 0.584. The van der Waals surface area contributed by atoms with Gasteiger partial charge < -0.3 is 0 Å². The van der Waals surface area contributed by atoms with Crippen molar-refractivity contribution in [1.29, 1.82) is 0 Å². The molecule has 0 N–H and O–H groups in total. The third-order valence-corrected chi connectivity index (χ3v) is 1.10. The first-order chi connectivity index (χ1) is 3.91. The van der Waals surface area contributed by atoms with Crippen LogP contribution in [0.1, 0.15) is 32.6 Å². The van der Waals surface area contributed by atoms with Crippen molar-refractivity contribution in [2.45, 2.75) is 32.6 Å². The zero-order valence-electron chi connectivity index (χ0n) is 5.69. The number of rotatable bonds is 5. The highest BCUT2D eigenvalue weighted by atomic mass is 13.9. The van der Waals surface area contributed by atoms with Crippen molar-refractivity contribution in [1.82, 2.24) is 0 Å². The van der Waals surface area contributed by atoms with Crippen LogP contribution in [0.3, 0.4) is 0 Å². The smallest absolute Gasteiger partial charge is 0.0989 e. The molecule has 0 radical (unpaired) electrons. The summed E-state index contributed by atoms with van der Waals surface area (Å²) in [5.74, 6) is 0. The lowest BCUT2D eigenvalue weighted by Gasteiger charge is -1.83. The van der Waals surface area contributed by atoms with Crippen LogP contribution in [-0.2, 0) is 0 Å². The summed E-state index contributed by atoms with van der Waals surface area (Å²) in [5, 5.41) is 0. The Morgan fingerprint density at radius 1 is 1.62 bits per heavy atom. The van der Waals surface area contributed by atoms with Gasteiger partial charge in [-0.2, -0.15) is 0 Å². The molecule has 0 aromatic heterocycles. The van der Waals surface area contributed by atoms with E-state index in [0.717, 1.165) is 6.42 Å². The lowest BCUT2D eigenvalue weighted by atomic mass is 10.2. The molecule has 0 bridgehead atoms. The van der Waals surface area contributed by atoms with Crippen LogP contribution in [0, 0.1) is 6.42 Å². The molecule has 0 aliphatic heterocycles. The van der Waals surface area contributed by atoms with E-state index >= 15 is 0 Å². The van der Waals surface area contributed by atoms with Crippen LogP contribution in [-0.4, -0.2) is 0 Å². The third kappa shape index (κ3) is 5.61. The minimum absolute atomic E-state index is 1.07. The number of allylic oxidation sites excluding steroid dienone is 1. The summed E-state index contributed by atoms with van der Waals surface area (Å²) in [7, 11) is 0. The van der Waals surface area contributed by atoms with Gasteiger partial charge in [-0.1, -0.05) is 19.9 Å². The molecule has 0 spiro atoms. The van der Waals surface area contributed by atoms with Crippen LogP contribution in [0.5, 0.6) is 0 Å². The van der Waals surface area contributed by atoms with Gasteiger partial charge in [0.05, 0.1) is 12.8 Å². The maximum Gasteiger partial charge on any atom is 0.105 e. The van der Waals surface area contributed by atoms with E-state index in [0.29, 0.717) is 0 Å². The van der Waals surface area contributed by atoms with Gasteiger partial charge in [-0.15, -0.1) is 0 Å². The monoisotopic (exact) mass is 111 g/mol. The topological polar surface area (TPSA) is 0 Å². The molecule has 0 saturated carbocycles. The predicted octanol–water partition coefficient (Wildman–Crippen LogP) is 2.96. The minimum Gasteiger partial charge on any atom is -0.0989 e. The summed E-state index contributed by atoms with van der Waals surface area (Å²) in [4.78, 5) is 0. The van der Waals surface area contributed by atoms with E-state index < -0.39 is 0 Å². The Labute approximate surface area is 52.6 Å². The number of hydrogen-bond donors (Lipinski definition) is 0.